The molecule has 0 spiro atoms. The van der Waals surface area contributed by atoms with E-state index in [1.807, 2.05) is 6.92 Å². The highest BCUT2D eigenvalue weighted by molar-refractivity contribution is 7.09. The molecule has 1 aromatic heterocycles. The summed E-state index contributed by atoms with van der Waals surface area (Å²) in [7, 11) is 0. The highest BCUT2D eigenvalue weighted by Gasteiger charge is 2.17. The molecule has 4 heteroatoms. The number of hydrogen-bond donors (Lipinski definition) is 1. The Labute approximate surface area is 109 Å². The number of ether oxygens (including phenoxy) is 1. The van der Waals surface area contributed by atoms with Crippen molar-refractivity contribution in [2.45, 2.75) is 52.6 Å². The first-order valence-electron chi connectivity index (χ1n) is 6.19. The third-order valence-corrected chi connectivity index (χ3v) is 3.71. The fourth-order valence-electron chi connectivity index (χ4n) is 1.36. The summed E-state index contributed by atoms with van der Waals surface area (Å²) in [6.45, 7) is 13.1. The molecule has 1 atom stereocenters. The van der Waals surface area contributed by atoms with Gasteiger partial charge in [-0.25, -0.2) is 4.98 Å². The molecule has 0 amide bonds. The molecule has 1 unspecified atom stereocenters. The zero-order chi connectivity index (χ0) is 12.9. The predicted octanol–water partition coefficient (Wildman–Crippen LogP) is 2.96. The minimum atomic E-state index is 0.153. The Bertz CT molecular complexity index is 330. The first-order chi connectivity index (χ1) is 7.93. The molecule has 0 saturated carbocycles. The van der Waals surface area contributed by atoms with Gasteiger partial charge in [-0.2, -0.15) is 0 Å². The molecule has 3 nitrogen and oxygen atoms in total. The average molecular weight is 256 g/mol. The molecular weight excluding hydrogens is 232 g/mol. The van der Waals surface area contributed by atoms with Crippen molar-refractivity contribution < 1.29 is 4.74 Å². The Morgan fingerprint density at radius 1 is 1.47 bits per heavy atom. The molecule has 1 rings (SSSR count). The molecule has 1 heterocycles. The van der Waals surface area contributed by atoms with Crippen LogP contribution in [0.3, 0.4) is 0 Å². The molecule has 0 aliphatic heterocycles. The van der Waals surface area contributed by atoms with Crippen molar-refractivity contribution in [1.29, 1.82) is 0 Å². The first kappa shape index (κ1) is 14.6. The number of aromatic nitrogens is 1. The lowest BCUT2D eigenvalue weighted by molar-refractivity contribution is 0.127. The van der Waals surface area contributed by atoms with E-state index in [1.165, 1.54) is 5.01 Å². The number of rotatable bonds is 6. The van der Waals surface area contributed by atoms with Crippen LogP contribution in [-0.2, 0) is 16.7 Å². The van der Waals surface area contributed by atoms with Crippen LogP contribution in [0.4, 0.5) is 0 Å². The summed E-state index contributed by atoms with van der Waals surface area (Å²) in [4.78, 5) is 4.65. The molecule has 0 fully saturated rings. The summed E-state index contributed by atoms with van der Waals surface area (Å²) < 4.78 is 5.36. The van der Waals surface area contributed by atoms with E-state index in [1.54, 1.807) is 11.3 Å². The van der Waals surface area contributed by atoms with Crippen LogP contribution < -0.4 is 5.32 Å². The number of thiazole rings is 1. The standard InChI is InChI=1S/C13H24N2OS/c1-6-16-8-10(2)14-7-11-9-17-12(15-11)13(3,4)5/h9-10,14H,6-8H2,1-5H3. The van der Waals surface area contributed by atoms with Crippen molar-refractivity contribution in [2.24, 2.45) is 0 Å². The fraction of sp³-hybridized carbons (Fsp3) is 0.769. The lowest BCUT2D eigenvalue weighted by Crippen LogP contribution is -2.30. The summed E-state index contributed by atoms with van der Waals surface area (Å²) in [6, 6.07) is 0.370. The van der Waals surface area contributed by atoms with Gasteiger partial charge in [0.05, 0.1) is 17.3 Å². The van der Waals surface area contributed by atoms with Gasteiger partial charge in [0.25, 0.3) is 0 Å². The highest BCUT2D eigenvalue weighted by atomic mass is 32.1. The van der Waals surface area contributed by atoms with E-state index in [9.17, 15) is 0 Å². The average Bonchev–Trinajstić information content (AvgIpc) is 2.71. The maximum atomic E-state index is 5.36. The van der Waals surface area contributed by atoms with E-state index in [2.05, 4.69) is 43.4 Å². The first-order valence-corrected chi connectivity index (χ1v) is 7.07. The molecule has 98 valence electrons. The second-order valence-corrected chi connectivity index (χ2v) is 6.19. The van der Waals surface area contributed by atoms with E-state index in [0.717, 1.165) is 25.5 Å². The minimum absolute atomic E-state index is 0.153. The van der Waals surface area contributed by atoms with Crippen molar-refractivity contribution >= 4 is 11.3 Å². The normalized spacial score (nSPS) is 13.9. The van der Waals surface area contributed by atoms with Gasteiger partial charge in [0.1, 0.15) is 0 Å². The highest BCUT2D eigenvalue weighted by Crippen LogP contribution is 2.25. The van der Waals surface area contributed by atoms with Crippen LogP contribution in [0, 0.1) is 0 Å². The molecule has 0 aliphatic carbocycles. The van der Waals surface area contributed by atoms with E-state index in [0.29, 0.717) is 6.04 Å². The summed E-state index contributed by atoms with van der Waals surface area (Å²) in [6.07, 6.45) is 0. The Morgan fingerprint density at radius 3 is 2.71 bits per heavy atom. The van der Waals surface area contributed by atoms with E-state index in [4.69, 9.17) is 4.74 Å². The van der Waals surface area contributed by atoms with Crippen molar-refractivity contribution in [3.05, 3.63) is 16.1 Å². The molecule has 1 aromatic rings. The van der Waals surface area contributed by atoms with Crippen LogP contribution in [-0.4, -0.2) is 24.2 Å². The SMILES string of the molecule is CCOCC(C)NCc1csc(C(C)(C)C)n1. The van der Waals surface area contributed by atoms with E-state index in [-0.39, 0.29) is 5.41 Å². The van der Waals surface area contributed by atoms with Gasteiger partial charge >= 0.3 is 0 Å². The lowest BCUT2D eigenvalue weighted by Gasteiger charge is -2.14. The van der Waals surface area contributed by atoms with Gasteiger partial charge in [-0.3, -0.25) is 0 Å². The van der Waals surface area contributed by atoms with Gasteiger partial charge in [0.2, 0.25) is 0 Å². The van der Waals surface area contributed by atoms with Crippen molar-refractivity contribution in [3.63, 3.8) is 0 Å². The minimum Gasteiger partial charge on any atom is -0.380 e. The molecule has 1 N–H and O–H groups in total. The summed E-state index contributed by atoms with van der Waals surface area (Å²) in [5.74, 6) is 0. The van der Waals surface area contributed by atoms with Crippen LogP contribution in [0.1, 0.15) is 45.3 Å². The Kier molecular flexibility index (Phi) is 5.56. The van der Waals surface area contributed by atoms with Crippen LogP contribution >= 0.6 is 11.3 Å². The van der Waals surface area contributed by atoms with Crippen LogP contribution in [0.15, 0.2) is 5.38 Å². The molecule has 0 radical (unpaired) electrons. The largest absolute Gasteiger partial charge is 0.380 e. The summed E-state index contributed by atoms with van der Waals surface area (Å²) >= 11 is 1.74. The maximum absolute atomic E-state index is 5.36. The quantitative estimate of drug-likeness (QED) is 0.849. The van der Waals surface area contributed by atoms with Crippen LogP contribution in [0.5, 0.6) is 0 Å². The zero-order valence-corrected chi connectivity index (χ0v) is 12.4. The second-order valence-electron chi connectivity index (χ2n) is 5.34. The summed E-state index contributed by atoms with van der Waals surface area (Å²) in [5, 5.41) is 6.76. The Morgan fingerprint density at radius 2 is 2.18 bits per heavy atom. The third-order valence-electron chi connectivity index (χ3n) is 2.40. The smallest absolute Gasteiger partial charge is 0.0982 e. The molecule has 0 bridgehead atoms. The van der Waals surface area contributed by atoms with Gasteiger partial charge in [0, 0.05) is 30.0 Å². The van der Waals surface area contributed by atoms with Gasteiger partial charge in [-0.05, 0) is 13.8 Å². The molecule has 0 aromatic carbocycles. The third kappa shape index (κ3) is 5.15. The molecule has 0 saturated heterocycles. The molecule has 0 aliphatic rings. The number of nitrogens with one attached hydrogen (secondary N) is 1. The Balaban J connectivity index is 2.40. The summed E-state index contributed by atoms with van der Waals surface area (Å²) in [5.41, 5.74) is 1.28. The van der Waals surface area contributed by atoms with Gasteiger partial charge in [0.15, 0.2) is 0 Å². The zero-order valence-electron chi connectivity index (χ0n) is 11.5. The Hall–Kier alpha value is -0.450. The second kappa shape index (κ2) is 6.47. The van der Waals surface area contributed by atoms with E-state index >= 15 is 0 Å². The van der Waals surface area contributed by atoms with Gasteiger partial charge in [-0.1, -0.05) is 20.8 Å². The topological polar surface area (TPSA) is 34.1 Å². The monoisotopic (exact) mass is 256 g/mol. The van der Waals surface area contributed by atoms with Crippen molar-refractivity contribution in [1.82, 2.24) is 10.3 Å². The fourth-order valence-corrected chi connectivity index (χ4v) is 2.27. The van der Waals surface area contributed by atoms with Crippen molar-refractivity contribution in [2.75, 3.05) is 13.2 Å². The van der Waals surface area contributed by atoms with Crippen molar-refractivity contribution in [3.8, 4) is 0 Å². The lowest BCUT2D eigenvalue weighted by atomic mass is 9.98. The van der Waals surface area contributed by atoms with Gasteiger partial charge in [-0.15, -0.1) is 11.3 Å². The van der Waals surface area contributed by atoms with Crippen LogP contribution in [0.2, 0.25) is 0 Å². The number of nitrogens with zero attached hydrogens (tertiary/aromatic N) is 1. The number of hydrogen-bond acceptors (Lipinski definition) is 4. The predicted molar refractivity (Wildman–Crippen MR) is 73.6 cm³/mol. The maximum Gasteiger partial charge on any atom is 0.0982 e. The molecular formula is C13H24N2OS. The van der Waals surface area contributed by atoms with Crippen LogP contribution in [0.25, 0.3) is 0 Å². The molecule has 17 heavy (non-hydrogen) atoms. The van der Waals surface area contributed by atoms with Gasteiger partial charge < -0.3 is 10.1 Å². The van der Waals surface area contributed by atoms with E-state index < -0.39 is 0 Å².